The molecular weight excluding hydrogens is 151 g/mol. The van der Waals surface area contributed by atoms with Gasteiger partial charge >= 0.3 is 7.60 Å². The summed E-state index contributed by atoms with van der Waals surface area (Å²) < 4.78 is 20.5. The van der Waals surface area contributed by atoms with Crippen LogP contribution in [0.2, 0.25) is 0 Å². The standard InChI is InChI=1S/C6H7O3P/c1-3-6-4-9-10(7,5-6)8-2/h1,5H,4H2,2H3. The molecule has 0 fully saturated rings. The van der Waals surface area contributed by atoms with E-state index < -0.39 is 7.60 Å². The largest absolute Gasteiger partial charge is 0.355 e. The van der Waals surface area contributed by atoms with Crippen LogP contribution in [0, 0.1) is 12.3 Å². The SMILES string of the molecule is C#CC1=CP(=O)(OC)OC1. The highest BCUT2D eigenvalue weighted by molar-refractivity contribution is 7.57. The second kappa shape index (κ2) is 2.59. The van der Waals surface area contributed by atoms with Gasteiger partial charge < -0.3 is 9.05 Å². The minimum atomic E-state index is -2.93. The van der Waals surface area contributed by atoms with Gasteiger partial charge in [-0.05, 0) is 0 Å². The summed E-state index contributed by atoms with van der Waals surface area (Å²) in [6.07, 6.45) is 5.03. The lowest BCUT2D eigenvalue weighted by Gasteiger charge is -2.02. The maximum atomic E-state index is 11.1. The smallest absolute Gasteiger partial charge is 0.309 e. The lowest BCUT2D eigenvalue weighted by molar-refractivity contribution is 0.271. The summed E-state index contributed by atoms with van der Waals surface area (Å²) >= 11 is 0. The van der Waals surface area contributed by atoms with E-state index in [0.717, 1.165) is 0 Å². The lowest BCUT2D eigenvalue weighted by Crippen LogP contribution is -1.83. The second-order valence-electron chi connectivity index (χ2n) is 1.79. The molecule has 1 aliphatic heterocycles. The molecular formula is C6H7O3P. The molecule has 4 heteroatoms. The zero-order valence-corrected chi connectivity index (χ0v) is 6.43. The summed E-state index contributed by atoms with van der Waals surface area (Å²) in [7, 11) is -1.60. The number of hydrogen-bond donors (Lipinski definition) is 0. The Morgan fingerprint density at radius 2 is 2.70 bits per heavy atom. The van der Waals surface area contributed by atoms with Crippen LogP contribution < -0.4 is 0 Å². The fourth-order valence-corrected chi connectivity index (χ4v) is 1.74. The predicted molar refractivity (Wildman–Crippen MR) is 37.5 cm³/mol. The van der Waals surface area contributed by atoms with E-state index in [1.165, 1.54) is 12.9 Å². The van der Waals surface area contributed by atoms with E-state index in [1.54, 1.807) is 0 Å². The Morgan fingerprint density at radius 3 is 3.00 bits per heavy atom. The maximum absolute atomic E-state index is 11.1. The first-order chi connectivity index (χ1) is 4.70. The molecule has 0 bridgehead atoms. The van der Waals surface area contributed by atoms with Crippen LogP contribution in [0.1, 0.15) is 0 Å². The quantitative estimate of drug-likeness (QED) is 0.427. The van der Waals surface area contributed by atoms with Gasteiger partial charge in [0.05, 0.1) is 6.61 Å². The van der Waals surface area contributed by atoms with Crippen LogP contribution in [0.5, 0.6) is 0 Å². The Balaban J connectivity index is 2.84. The first kappa shape index (κ1) is 7.56. The molecule has 1 aliphatic rings. The van der Waals surface area contributed by atoms with Gasteiger partial charge in [0.2, 0.25) is 0 Å². The summed E-state index contributed by atoms with van der Waals surface area (Å²) in [6, 6.07) is 0. The summed E-state index contributed by atoms with van der Waals surface area (Å²) in [5, 5.41) is 0. The van der Waals surface area contributed by atoms with Crippen molar-refractivity contribution in [3.05, 3.63) is 11.4 Å². The van der Waals surface area contributed by atoms with Crippen molar-refractivity contribution >= 4 is 7.60 Å². The van der Waals surface area contributed by atoms with Crippen molar-refractivity contribution in [1.29, 1.82) is 0 Å². The van der Waals surface area contributed by atoms with Crippen LogP contribution in [-0.4, -0.2) is 13.7 Å². The molecule has 1 rings (SSSR count). The van der Waals surface area contributed by atoms with E-state index in [2.05, 4.69) is 10.4 Å². The Morgan fingerprint density at radius 1 is 2.00 bits per heavy atom. The Bertz CT molecular complexity index is 248. The van der Waals surface area contributed by atoms with Crippen LogP contribution in [0.25, 0.3) is 0 Å². The lowest BCUT2D eigenvalue weighted by atomic mass is 10.3. The van der Waals surface area contributed by atoms with E-state index in [9.17, 15) is 4.57 Å². The molecule has 0 radical (unpaired) electrons. The highest BCUT2D eigenvalue weighted by Crippen LogP contribution is 2.53. The normalized spacial score (nSPS) is 31.4. The molecule has 3 nitrogen and oxygen atoms in total. The molecule has 1 unspecified atom stereocenters. The monoisotopic (exact) mass is 158 g/mol. The van der Waals surface area contributed by atoms with Gasteiger partial charge in [-0.3, -0.25) is 4.57 Å². The topological polar surface area (TPSA) is 35.5 Å². The number of terminal acetylenes is 1. The Labute approximate surface area is 59.6 Å². The van der Waals surface area contributed by atoms with E-state index >= 15 is 0 Å². The first-order valence-corrected chi connectivity index (χ1v) is 4.30. The van der Waals surface area contributed by atoms with Gasteiger partial charge in [-0.1, -0.05) is 5.92 Å². The van der Waals surface area contributed by atoms with Gasteiger partial charge in [0.25, 0.3) is 0 Å². The van der Waals surface area contributed by atoms with Crippen LogP contribution in [0.3, 0.4) is 0 Å². The van der Waals surface area contributed by atoms with E-state index in [4.69, 9.17) is 10.9 Å². The van der Waals surface area contributed by atoms with Crippen molar-refractivity contribution in [2.75, 3.05) is 13.7 Å². The van der Waals surface area contributed by atoms with Crippen molar-refractivity contribution in [2.45, 2.75) is 0 Å². The van der Waals surface area contributed by atoms with Crippen molar-refractivity contribution in [3.8, 4) is 12.3 Å². The van der Waals surface area contributed by atoms with E-state index in [-0.39, 0.29) is 6.61 Å². The molecule has 0 aromatic rings. The highest BCUT2D eigenvalue weighted by atomic mass is 31.2. The van der Waals surface area contributed by atoms with Crippen molar-refractivity contribution in [1.82, 2.24) is 0 Å². The Hall–Kier alpha value is -0.550. The van der Waals surface area contributed by atoms with Gasteiger partial charge in [0.1, 0.15) is 0 Å². The third kappa shape index (κ3) is 1.30. The average Bonchev–Trinajstić information content (AvgIpc) is 2.33. The van der Waals surface area contributed by atoms with Gasteiger partial charge in [0, 0.05) is 18.5 Å². The van der Waals surface area contributed by atoms with E-state index in [1.807, 2.05) is 0 Å². The third-order valence-corrected chi connectivity index (χ3v) is 2.78. The second-order valence-corrected chi connectivity index (χ2v) is 3.76. The van der Waals surface area contributed by atoms with Gasteiger partial charge in [-0.15, -0.1) is 6.42 Å². The number of rotatable bonds is 1. The minimum absolute atomic E-state index is 0.224. The maximum Gasteiger partial charge on any atom is 0.355 e. The molecule has 0 aromatic carbocycles. The summed E-state index contributed by atoms with van der Waals surface area (Å²) in [6.45, 7) is 0.224. The molecule has 1 heterocycles. The molecule has 0 aromatic heterocycles. The molecule has 0 saturated carbocycles. The summed E-state index contributed by atoms with van der Waals surface area (Å²) in [5.74, 6) is 3.71. The molecule has 0 aliphatic carbocycles. The average molecular weight is 158 g/mol. The number of hydrogen-bond acceptors (Lipinski definition) is 3. The van der Waals surface area contributed by atoms with Crippen LogP contribution in [-0.2, 0) is 13.6 Å². The first-order valence-electron chi connectivity index (χ1n) is 2.68. The molecule has 10 heavy (non-hydrogen) atoms. The third-order valence-electron chi connectivity index (χ3n) is 1.15. The molecule has 0 spiro atoms. The molecule has 0 N–H and O–H groups in total. The molecule has 0 saturated heterocycles. The van der Waals surface area contributed by atoms with Crippen LogP contribution >= 0.6 is 7.60 Å². The molecule has 54 valence electrons. The zero-order chi connectivity index (χ0) is 7.61. The van der Waals surface area contributed by atoms with Gasteiger partial charge in [-0.2, -0.15) is 0 Å². The van der Waals surface area contributed by atoms with Crippen molar-refractivity contribution in [2.24, 2.45) is 0 Å². The minimum Gasteiger partial charge on any atom is -0.309 e. The van der Waals surface area contributed by atoms with Gasteiger partial charge in [-0.25, -0.2) is 0 Å². The molecule has 0 amide bonds. The fraction of sp³-hybridized carbons (Fsp3) is 0.333. The molecule has 1 atom stereocenters. The van der Waals surface area contributed by atoms with E-state index in [0.29, 0.717) is 5.57 Å². The fourth-order valence-electron chi connectivity index (χ4n) is 0.609. The zero-order valence-electron chi connectivity index (χ0n) is 5.53. The van der Waals surface area contributed by atoms with Gasteiger partial charge in [0.15, 0.2) is 0 Å². The predicted octanol–water partition coefficient (Wildman–Crippen LogP) is 1.37. The Kier molecular flexibility index (Phi) is 1.96. The van der Waals surface area contributed by atoms with Crippen molar-refractivity contribution < 1.29 is 13.6 Å². The van der Waals surface area contributed by atoms with Crippen LogP contribution in [0.4, 0.5) is 0 Å². The highest BCUT2D eigenvalue weighted by Gasteiger charge is 2.26. The summed E-state index contributed by atoms with van der Waals surface area (Å²) in [5.41, 5.74) is 0.588. The van der Waals surface area contributed by atoms with Crippen molar-refractivity contribution in [3.63, 3.8) is 0 Å². The van der Waals surface area contributed by atoms with Crippen LogP contribution in [0.15, 0.2) is 11.4 Å². The summed E-state index contributed by atoms with van der Waals surface area (Å²) in [4.78, 5) is 0.